The molecule has 2 heterocycles. The number of imidazole rings is 1. The van der Waals surface area contributed by atoms with Gasteiger partial charge in [-0.1, -0.05) is 0 Å². The largest absolute Gasteiger partial charge is 0.337 e. The maximum Gasteiger partial charge on any atom is 0.282 e. The van der Waals surface area contributed by atoms with E-state index in [1.54, 1.807) is 14.8 Å². The number of aryl methyl sites for hydroxylation is 1. The smallest absolute Gasteiger partial charge is 0.282 e. The molecule has 1 aromatic heterocycles. The van der Waals surface area contributed by atoms with Crippen LogP contribution in [0, 0.1) is 0 Å². The second-order valence-corrected chi connectivity index (χ2v) is 7.27. The second-order valence-electron chi connectivity index (χ2n) is 5.39. The van der Waals surface area contributed by atoms with Gasteiger partial charge in [-0.3, -0.25) is 0 Å². The van der Waals surface area contributed by atoms with Crippen molar-refractivity contribution < 1.29 is 8.42 Å². The Hall–Kier alpha value is -0.960. The third-order valence-electron chi connectivity index (χ3n) is 3.87. The van der Waals surface area contributed by atoms with Crippen molar-refractivity contribution in [3.8, 4) is 0 Å². The van der Waals surface area contributed by atoms with Gasteiger partial charge in [-0.25, -0.2) is 4.98 Å². The standard InChI is InChI=1S/C12H21N5O2S/c1-15-7-6-14-12(15)10-17(11-2-3-11)20(18,19)16-8-4-13-5-9-16/h6-7,11,13H,2-5,8-10H2,1H3. The molecule has 20 heavy (non-hydrogen) atoms. The van der Waals surface area contributed by atoms with Gasteiger partial charge >= 0.3 is 0 Å². The molecule has 8 heteroatoms. The Bertz CT molecular complexity index is 560. The minimum Gasteiger partial charge on any atom is -0.337 e. The molecule has 1 aromatic rings. The number of hydrogen-bond donors (Lipinski definition) is 1. The molecular formula is C12H21N5O2S. The van der Waals surface area contributed by atoms with Crippen molar-refractivity contribution in [1.29, 1.82) is 0 Å². The molecular weight excluding hydrogens is 278 g/mol. The Kier molecular flexibility index (Phi) is 3.80. The molecule has 0 bridgehead atoms. The van der Waals surface area contributed by atoms with E-state index in [1.165, 1.54) is 0 Å². The fourth-order valence-corrected chi connectivity index (χ4v) is 4.28. The Balaban J connectivity index is 1.80. The molecule has 1 saturated heterocycles. The molecule has 7 nitrogen and oxygen atoms in total. The highest BCUT2D eigenvalue weighted by Crippen LogP contribution is 2.31. The molecule has 1 aliphatic heterocycles. The molecule has 1 saturated carbocycles. The van der Waals surface area contributed by atoms with Gasteiger partial charge in [0.25, 0.3) is 10.2 Å². The molecule has 0 radical (unpaired) electrons. The molecule has 0 unspecified atom stereocenters. The highest BCUT2D eigenvalue weighted by Gasteiger charge is 2.41. The first-order valence-corrected chi connectivity index (χ1v) is 8.42. The van der Waals surface area contributed by atoms with Gasteiger partial charge in [0.1, 0.15) is 5.82 Å². The normalized spacial score (nSPS) is 21.5. The lowest BCUT2D eigenvalue weighted by atomic mass is 10.4. The van der Waals surface area contributed by atoms with Gasteiger partial charge in [-0.05, 0) is 12.8 Å². The van der Waals surface area contributed by atoms with Crippen molar-refractivity contribution in [1.82, 2.24) is 23.5 Å². The summed E-state index contributed by atoms with van der Waals surface area (Å²) in [5.74, 6) is 0.788. The molecule has 112 valence electrons. The third-order valence-corrected chi connectivity index (χ3v) is 5.91. The summed E-state index contributed by atoms with van der Waals surface area (Å²) in [4.78, 5) is 4.25. The van der Waals surface area contributed by atoms with Crippen LogP contribution in [-0.2, 0) is 23.8 Å². The van der Waals surface area contributed by atoms with E-state index in [0.717, 1.165) is 31.8 Å². The van der Waals surface area contributed by atoms with Gasteiger partial charge in [0.2, 0.25) is 0 Å². The Morgan fingerprint density at radius 3 is 2.65 bits per heavy atom. The predicted octanol–water partition coefficient (Wildman–Crippen LogP) is -0.465. The van der Waals surface area contributed by atoms with Crippen LogP contribution in [0.15, 0.2) is 12.4 Å². The quantitative estimate of drug-likeness (QED) is 0.798. The number of nitrogens with one attached hydrogen (secondary N) is 1. The van der Waals surface area contributed by atoms with Crippen LogP contribution in [0.1, 0.15) is 18.7 Å². The fourth-order valence-electron chi connectivity index (χ4n) is 2.47. The van der Waals surface area contributed by atoms with Gasteiger partial charge < -0.3 is 9.88 Å². The van der Waals surface area contributed by atoms with Crippen LogP contribution in [-0.4, -0.2) is 58.8 Å². The van der Waals surface area contributed by atoms with E-state index in [4.69, 9.17) is 0 Å². The monoisotopic (exact) mass is 299 g/mol. The SMILES string of the molecule is Cn1ccnc1CN(C1CC1)S(=O)(=O)N1CCNCC1. The van der Waals surface area contributed by atoms with E-state index >= 15 is 0 Å². The van der Waals surface area contributed by atoms with Gasteiger partial charge in [-0.2, -0.15) is 17.0 Å². The molecule has 1 aliphatic carbocycles. The number of nitrogens with zero attached hydrogens (tertiary/aromatic N) is 4. The lowest BCUT2D eigenvalue weighted by Gasteiger charge is -2.32. The van der Waals surface area contributed by atoms with Crippen LogP contribution in [0.2, 0.25) is 0 Å². The molecule has 0 aromatic carbocycles. The van der Waals surface area contributed by atoms with E-state index in [1.807, 2.05) is 17.8 Å². The fraction of sp³-hybridized carbons (Fsp3) is 0.750. The Morgan fingerprint density at radius 2 is 2.10 bits per heavy atom. The summed E-state index contributed by atoms with van der Waals surface area (Å²) in [6, 6.07) is 0.145. The number of rotatable bonds is 5. The molecule has 3 rings (SSSR count). The molecule has 0 amide bonds. The summed E-state index contributed by atoms with van der Waals surface area (Å²) in [6.07, 6.45) is 5.46. The lowest BCUT2D eigenvalue weighted by molar-refractivity contribution is 0.300. The summed E-state index contributed by atoms with van der Waals surface area (Å²) < 4.78 is 30.7. The van der Waals surface area contributed by atoms with Crippen LogP contribution in [0.3, 0.4) is 0 Å². The summed E-state index contributed by atoms with van der Waals surface area (Å²) in [5, 5.41) is 3.18. The van der Waals surface area contributed by atoms with Gasteiger partial charge in [0.05, 0.1) is 6.54 Å². The van der Waals surface area contributed by atoms with Crippen molar-refractivity contribution in [2.75, 3.05) is 26.2 Å². The van der Waals surface area contributed by atoms with Crippen LogP contribution in [0.4, 0.5) is 0 Å². The predicted molar refractivity (Wildman–Crippen MR) is 75.1 cm³/mol. The van der Waals surface area contributed by atoms with Gasteiger partial charge in [-0.15, -0.1) is 0 Å². The van der Waals surface area contributed by atoms with Crippen molar-refractivity contribution in [2.45, 2.75) is 25.4 Å². The molecule has 2 fully saturated rings. The van der Waals surface area contributed by atoms with Gasteiger partial charge in [0.15, 0.2) is 0 Å². The zero-order chi connectivity index (χ0) is 14.2. The first-order valence-electron chi connectivity index (χ1n) is 7.03. The molecule has 0 atom stereocenters. The minimum absolute atomic E-state index is 0.145. The van der Waals surface area contributed by atoms with Crippen molar-refractivity contribution >= 4 is 10.2 Å². The maximum absolute atomic E-state index is 12.8. The van der Waals surface area contributed by atoms with Crippen LogP contribution < -0.4 is 5.32 Å². The van der Waals surface area contributed by atoms with E-state index in [9.17, 15) is 8.42 Å². The average Bonchev–Trinajstić information content (AvgIpc) is 3.20. The van der Waals surface area contributed by atoms with Crippen LogP contribution in [0.5, 0.6) is 0 Å². The summed E-state index contributed by atoms with van der Waals surface area (Å²) >= 11 is 0. The molecule has 0 spiro atoms. The number of piperazine rings is 1. The highest BCUT2D eigenvalue weighted by atomic mass is 32.2. The summed E-state index contributed by atoms with van der Waals surface area (Å²) in [6.45, 7) is 2.90. The first-order chi connectivity index (χ1) is 9.59. The second kappa shape index (κ2) is 5.44. The summed E-state index contributed by atoms with van der Waals surface area (Å²) in [7, 11) is -1.49. The minimum atomic E-state index is -3.38. The maximum atomic E-state index is 12.8. The lowest BCUT2D eigenvalue weighted by Crippen LogP contribution is -2.52. The molecule has 1 N–H and O–H groups in total. The van der Waals surface area contributed by atoms with E-state index in [2.05, 4.69) is 10.3 Å². The number of aromatic nitrogens is 2. The average molecular weight is 299 g/mol. The van der Waals surface area contributed by atoms with Crippen molar-refractivity contribution in [3.05, 3.63) is 18.2 Å². The van der Waals surface area contributed by atoms with Gasteiger partial charge in [0, 0.05) is 51.7 Å². The Morgan fingerprint density at radius 1 is 1.40 bits per heavy atom. The zero-order valence-electron chi connectivity index (χ0n) is 11.7. The highest BCUT2D eigenvalue weighted by molar-refractivity contribution is 7.86. The van der Waals surface area contributed by atoms with E-state index < -0.39 is 10.2 Å². The van der Waals surface area contributed by atoms with Crippen molar-refractivity contribution in [2.24, 2.45) is 7.05 Å². The number of hydrogen-bond acceptors (Lipinski definition) is 4. The van der Waals surface area contributed by atoms with E-state index in [-0.39, 0.29) is 6.04 Å². The van der Waals surface area contributed by atoms with Crippen molar-refractivity contribution in [3.63, 3.8) is 0 Å². The summed E-state index contributed by atoms with van der Waals surface area (Å²) in [5.41, 5.74) is 0. The zero-order valence-corrected chi connectivity index (χ0v) is 12.5. The van der Waals surface area contributed by atoms with Crippen LogP contribution >= 0.6 is 0 Å². The van der Waals surface area contributed by atoms with E-state index in [0.29, 0.717) is 19.6 Å². The third kappa shape index (κ3) is 2.73. The van der Waals surface area contributed by atoms with Crippen LogP contribution in [0.25, 0.3) is 0 Å². The molecule has 2 aliphatic rings. The first kappa shape index (κ1) is 14.0. The Labute approximate surface area is 119 Å². The topological polar surface area (TPSA) is 70.5 Å².